The Labute approximate surface area is 94.5 Å². The number of nitrogens with two attached hydrogens (primary N) is 1. The Morgan fingerprint density at radius 2 is 2.14 bits per heavy atom. The molecular formula is C10H10BrNOS. The average molecular weight is 272 g/mol. The lowest BCUT2D eigenvalue weighted by Gasteiger charge is -2.03. The molecule has 3 N–H and O–H groups in total. The molecule has 0 amide bonds. The van der Waals surface area contributed by atoms with Crippen LogP contribution >= 0.6 is 27.3 Å². The molecule has 0 saturated carbocycles. The van der Waals surface area contributed by atoms with E-state index in [1.807, 2.05) is 17.5 Å². The molecule has 0 unspecified atom stereocenters. The number of alkyl halides is 1. The van der Waals surface area contributed by atoms with Crippen molar-refractivity contribution < 1.29 is 5.11 Å². The molecule has 0 aliphatic carbocycles. The molecule has 4 heteroatoms. The van der Waals surface area contributed by atoms with Gasteiger partial charge in [0.2, 0.25) is 0 Å². The van der Waals surface area contributed by atoms with E-state index in [2.05, 4.69) is 15.9 Å². The second kappa shape index (κ2) is 3.88. The molecule has 1 aromatic carbocycles. The highest BCUT2D eigenvalue weighted by atomic mass is 79.9. The van der Waals surface area contributed by atoms with Crippen LogP contribution in [0.1, 0.15) is 11.1 Å². The second-order valence-electron chi connectivity index (χ2n) is 3.07. The maximum absolute atomic E-state index is 9.19. The molecule has 0 aliphatic rings. The van der Waals surface area contributed by atoms with E-state index >= 15 is 0 Å². The third-order valence-electron chi connectivity index (χ3n) is 2.23. The van der Waals surface area contributed by atoms with Gasteiger partial charge in [0.25, 0.3) is 0 Å². The molecule has 74 valence electrons. The summed E-state index contributed by atoms with van der Waals surface area (Å²) >= 11 is 5.02. The summed E-state index contributed by atoms with van der Waals surface area (Å²) in [5.41, 5.74) is 8.79. The van der Waals surface area contributed by atoms with Gasteiger partial charge in [0.05, 0.1) is 11.3 Å². The van der Waals surface area contributed by atoms with E-state index in [4.69, 9.17) is 5.73 Å². The van der Waals surface area contributed by atoms with Gasteiger partial charge in [-0.05, 0) is 22.6 Å². The zero-order valence-electron chi connectivity index (χ0n) is 7.46. The molecule has 0 aliphatic heterocycles. The smallest absolute Gasteiger partial charge is 0.0696 e. The van der Waals surface area contributed by atoms with Crippen molar-refractivity contribution in [3.05, 3.63) is 28.6 Å². The summed E-state index contributed by atoms with van der Waals surface area (Å²) in [5.74, 6) is 0. The largest absolute Gasteiger partial charge is 0.398 e. The number of fused-ring (bicyclic) bond motifs is 1. The Morgan fingerprint density at radius 1 is 1.36 bits per heavy atom. The summed E-state index contributed by atoms with van der Waals surface area (Å²) in [5, 5.41) is 13.0. The highest BCUT2D eigenvalue weighted by Gasteiger charge is 2.09. The Balaban J connectivity index is 2.82. The van der Waals surface area contributed by atoms with Crippen LogP contribution in [0.2, 0.25) is 0 Å². The van der Waals surface area contributed by atoms with E-state index < -0.39 is 0 Å². The van der Waals surface area contributed by atoms with E-state index in [1.165, 1.54) is 5.56 Å². The van der Waals surface area contributed by atoms with Crippen LogP contribution in [0.5, 0.6) is 0 Å². The first-order valence-electron chi connectivity index (χ1n) is 4.22. The molecule has 2 nitrogen and oxygen atoms in total. The van der Waals surface area contributed by atoms with Crippen molar-refractivity contribution in [2.75, 3.05) is 5.73 Å². The maximum atomic E-state index is 9.19. The van der Waals surface area contributed by atoms with Crippen molar-refractivity contribution >= 4 is 43.0 Å². The highest BCUT2D eigenvalue weighted by Crippen LogP contribution is 2.34. The first-order chi connectivity index (χ1) is 6.77. The fourth-order valence-electron chi connectivity index (χ4n) is 1.54. The average Bonchev–Trinajstić information content (AvgIpc) is 2.63. The quantitative estimate of drug-likeness (QED) is 0.652. The summed E-state index contributed by atoms with van der Waals surface area (Å²) in [6.07, 6.45) is 0. The van der Waals surface area contributed by atoms with Crippen molar-refractivity contribution in [3.8, 4) is 0 Å². The lowest BCUT2D eigenvalue weighted by atomic mass is 10.1. The van der Waals surface area contributed by atoms with Gasteiger partial charge in [-0.3, -0.25) is 0 Å². The number of aliphatic hydroxyl groups excluding tert-OH is 1. The molecule has 0 radical (unpaired) electrons. The lowest BCUT2D eigenvalue weighted by Crippen LogP contribution is -1.89. The van der Waals surface area contributed by atoms with Crippen LogP contribution in [0, 0.1) is 0 Å². The molecule has 1 aromatic heterocycles. The van der Waals surface area contributed by atoms with Crippen LogP contribution in [0.3, 0.4) is 0 Å². The molecule has 0 bridgehead atoms. The van der Waals surface area contributed by atoms with Crippen LogP contribution in [-0.4, -0.2) is 5.11 Å². The van der Waals surface area contributed by atoms with E-state index in [1.54, 1.807) is 11.3 Å². The number of thiophene rings is 1. The fraction of sp³-hybridized carbons (Fsp3) is 0.200. The number of aliphatic hydroxyl groups is 1. The molecule has 0 spiro atoms. The number of anilines is 1. The Kier molecular flexibility index (Phi) is 2.76. The molecular weight excluding hydrogens is 262 g/mol. The summed E-state index contributed by atoms with van der Waals surface area (Å²) in [6.45, 7) is 0.0729. The topological polar surface area (TPSA) is 46.2 Å². The zero-order chi connectivity index (χ0) is 10.1. The minimum absolute atomic E-state index is 0.0729. The van der Waals surface area contributed by atoms with Crippen molar-refractivity contribution in [2.24, 2.45) is 0 Å². The molecule has 1 heterocycles. The van der Waals surface area contributed by atoms with E-state index in [0.717, 1.165) is 26.7 Å². The molecule has 0 fully saturated rings. The summed E-state index contributed by atoms with van der Waals surface area (Å²) in [6, 6.07) is 3.91. The molecule has 0 saturated heterocycles. The SMILES string of the molecule is Nc1ccc(CBr)c2c(CO)csc12. The van der Waals surface area contributed by atoms with Gasteiger partial charge in [-0.15, -0.1) is 11.3 Å². The Bertz CT molecular complexity index is 466. The lowest BCUT2D eigenvalue weighted by molar-refractivity contribution is 0.284. The fourth-order valence-corrected chi connectivity index (χ4v) is 3.04. The highest BCUT2D eigenvalue weighted by molar-refractivity contribution is 9.08. The maximum Gasteiger partial charge on any atom is 0.0696 e. The molecule has 14 heavy (non-hydrogen) atoms. The minimum atomic E-state index is 0.0729. The number of rotatable bonds is 2. The Hall–Kier alpha value is -0.580. The van der Waals surface area contributed by atoms with Gasteiger partial charge in [0.15, 0.2) is 0 Å². The third kappa shape index (κ3) is 1.43. The number of halogens is 1. The van der Waals surface area contributed by atoms with Crippen LogP contribution in [0.25, 0.3) is 10.1 Å². The first kappa shape index (κ1) is 9.96. The van der Waals surface area contributed by atoms with Gasteiger partial charge in [-0.1, -0.05) is 22.0 Å². The van der Waals surface area contributed by atoms with Gasteiger partial charge >= 0.3 is 0 Å². The summed E-state index contributed by atoms with van der Waals surface area (Å²) in [7, 11) is 0. The van der Waals surface area contributed by atoms with E-state index in [9.17, 15) is 5.11 Å². The van der Waals surface area contributed by atoms with Crippen molar-refractivity contribution in [1.29, 1.82) is 0 Å². The number of hydrogen-bond donors (Lipinski definition) is 2. The number of nitrogen functional groups attached to an aromatic ring is 1. The van der Waals surface area contributed by atoms with Gasteiger partial charge in [0, 0.05) is 16.4 Å². The van der Waals surface area contributed by atoms with Gasteiger partial charge in [-0.25, -0.2) is 0 Å². The van der Waals surface area contributed by atoms with Crippen molar-refractivity contribution in [2.45, 2.75) is 11.9 Å². The predicted octanol–water partition coefficient (Wildman–Crippen LogP) is 2.87. The van der Waals surface area contributed by atoms with Crippen LogP contribution < -0.4 is 5.73 Å². The van der Waals surface area contributed by atoms with Crippen molar-refractivity contribution in [3.63, 3.8) is 0 Å². The zero-order valence-corrected chi connectivity index (χ0v) is 9.86. The number of benzene rings is 1. The Morgan fingerprint density at radius 3 is 2.79 bits per heavy atom. The monoisotopic (exact) mass is 271 g/mol. The molecule has 0 atom stereocenters. The van der Waals surface area contributed by atoms with Crippen LogP contribution in [0.15, 0.2) is 17.5 Å². The first-order valence-corrected chi connectivity index (χ1v) is 6.22. The van der Waals surface area contributed by atoms with Crippen molar-refractivity contribution in [1.82, 2.24) is 0 Å². The van der Waals surface area contributed by atoms with Crippen LogP contribution in [0.4, 0.5) is 5.69 Å². The van der Waals surface area contributed by atoms with Crippen LogP contribution in [-0.2, 0) is 11.9 Å². The standard InChI is InChI=1S/C10H10BrNOS/c11-3-6-1-2-8(12)10-9(6)7(4-13)5-14-10/h1-2,5,13H,3-4,12H2. The minimum Gasteiger partial charge on any atom is -0.398 e. The van der Waals surface area contributed by atoms with Gasteiger partial charge in [0.1, 0.15) is 0 Å². The van der Waals surface area contributed by atoms with Gasteiger partial charge < -0.3 is 10.8 Å². The van der Waals surface area contributed by atoms with Gasteiger partial charge in [-0.2, -0.15) is 0 Å². The summed E-state index contributed by atoms with van der Waals surface area (Å²) < 4.78 is 1.08. The molecule has 2 rings (SSSR count). The predicted molar refractivity (Wildman–Crippen MR) is 64.8 cm³/mol. The van der Waals surface area contributed by atoms with E-state index in [-0.39, 0.29) is 6.61 Å². The third-order valence-corrected chi connectivity index (χ3v) is 3.91. The number of hydrogen-bond acceptors (Lipinski definition) is 3. The normalized spacial score (nSPS) is 11.0. The second-order valence-corrected chi connectivity index (χ2v) is 4.51. The van der Waals surface area contributed by atoms with E-state index in [0.29, 0.717) is 0 Å². The summed E-state index contributed by atoms with van der Waals surface area (Å²) in [4.78, 5) is 0. The molecule has 2 aromatic rings.